The van der Waals surface area contributed by atoms with Gasteiger partial charge in [-0.2, -0.15) is 0 Å². The highest BCUT2D eigenvalue weighted by Crippen LogP contribution is 2.18. The van der Waals surface area contributed by atoms with Gasteiger partial charge in [-0.25, -0.2) is 8.42 Å². The Hall–Kier alpha value is 0.680. The van der Waals surface area contributed by atoms with Crippen LogP contribution in [0.4, 0.5) is 0 Å². The Bertz CT molecular complexity index is 185. The number of halogens is 1. The highest BCUT2D eigenvalue weighted by molar-refractivity contribution is 14.1. The first-order chi connectivity index (χ1) is 4.10. The van der Waals surface area contributed by atoms with Gasteiger partial charge in [0.25, 0.3) is 0 Å². The molecule has 1 atom stereocenters. The van der Waals surface area contributed by atoms with Crippen LogP contribution in [-0.4, -0.2) is 23.8 Å². The third kappa shape index (κ3) is 2.41. The van der Waals surface area contributed by atoms with Gasteiger partial charge >= 0.3 is 0 Å². The van der Waals surface area contributed by atoms with Crippen LogP contribution in [0.5, 0.6) is 0 Å². The molecule has 1 rings (SSSR count). The predicted molar refractivity (Wildman–Crippen MR) is 45.7 cm³/mol. The van der Waals surface area contributed by atoms with E-state index < -0.39 is 9.84 Å². The summed E-state index contributed by atoms with van der Waals surface area (Å²) in [6.45, 7) is 0. The molecule has 0 bridgehead atoms. The lowest BCUT2D eigenvalue weighted by atomic mass is 10.3. The molecule has 1 saturated heterocycles. The van der Waals surface area contributed by atoms with Crippen molar-refractivity contribution in [2.75, 3.05) is 11.5 Å². The van der Waals surface area contributed by atoms with E-state index in [-0.39, 0.29) is 0 Å². The second-order valence-corrected chi connectivity index (χ2v) is 6.34. The lowest BCUT2D eigenvalue weighted by Gasteiger charge is -2.15. The van der Waals surface area contributed by atoms with Crippen LogP contribution >= 0.6 is 22.6 Å². The fraction of sp³-hybridized carbons (Fsp3) is 1.00. The summed E-state index contributed by atoms with van der Waals surface area (Å²) in [7, 11) is -2.64. The van der Waals surface area contributed by atoms with Crippen molar-refractivity contribution in [2.24, 2.45) is 0 Å². The van der Waals surface area contributed by atoms with Crippen molar-refractivity contribution < 1.29 is 8.42 Å². The van der Waals surface area contributed by atoms with Crippen LogP contribution in [-0.2, 0) is 9.84 Å². The molecule has 1 aliphatic rings. The fourth-order valence-corrected chi connectivity index (χ4v) is 4.54. The summed E-state index contributed by atoms with van der Waals surface area (Å²) in [5.41, 5.74) is 0. The van der Waals surface area contributed by atoms with Gasteiger partial charge in [0.1, 0.15) is 0 Å². The molecule has 2 nitrogen and oxygen atoms in total. The zero-order chi connectivity index (χ0) is 6.91. The molecule has 0 amide bonds. The van der Waals surface area contributed by atoms with Gasteiger partial charge in [0.2, 0.25) is 0 Å². The van der Waals surface area contributed by atoms with Crippen molar-refractivity contribution in [3.63, 3.8) is 0 Å². The quantitative estimate of drug-likeness (QED) is 0.481. The summed E-state index contributed by atoms with van der Waals surface area (Å²) in [6, 6.07) is 0. The third-order valence-electron chi connectivity index (χ3n) is 1.41. The smallest absolute Gasteiger partial charge is 0.151 e. The van der Waals surface area contributed by atoms with Gasteiger partial charge in [0, 0.05) is 3.92 Å². The maximum Gasteiger partial charge on any atom is 0.151 e. The lowest BCUT2D eigenvalue weighted by Crippen LogP contribution is -2.24. The van der Waals surface area contributed by atoms with Gasteiger partial charge in [0.15, 0.2) is 9.84 Å². The van der Waals surface area contributed by atoms with Crippen LogP contribution in [0, 0.1) is 0 Å². The van der Waals surface area contributed by atoms with E-state index in [1.165, 1.54) is 0 Å². The topological polar surface area (TPSA) is 34.1 Å². The van der Waals surface area contributed by atoms with Gasteiger partial charge in [-0.15, -0.1) is 0 Å². The van der Waals surface area contributed by atoms with Crippen LogP contribution in [0.25, 0.3) is 0 Å². The van der Waals surface area contributed by atoms with Crippen molar-refractivity contribution in [1.29, 1.82) is 0 Å². The molecule has 1 aliphatic heterocycles. The standard InChI is InChI=1S/C5H9IO2S/c6-5-2-1-3-9(7,8)4-5/h5H,1-4H2. The summed E-state index contributed by atoms with van der Waals surface area (Å²) >= 11 is 2.20. The van der Waals surface area contributed by atoms with Gasteiger partial charge in [-0.05, 0) is 12.8 Å². The van der Waals surface area contributed by atoms with Crippen molar-refractivity contribution in [2.45, 2.75) is 16.8 Å². The van der Waals surface area contributed by atoms with Crippen molar-refractivity contribution in [3.05, 3.63) is 0 Å². The fourth-order valence-electron chi connectivity index (χ4n) is 0.967. The summed E-state index contributed by atoms with van der Waals surface area (Å²) in [5, 5.41) is 0. The minimum Gasteiger partial charge on any atom is -0.229 e. The molecule has 0 spiro atoms. The van der Waals surface area contributed by atoms with E-state index in [4.69, 9.17) is 0 Å². The molecule has 0 aromatic heterocycles. The molecule has 0 N–H and O–H groups in total. The number of alkyl halides is 1. The van der Waals surface area contributed by atoms with Gasteiger partial charge in [0.05, 0.1) is 11.5 Å². The molecule has 9 heavy (non-hydrogen) atoms. The summed E-state index contributed by atoms with van der Waals surface area (Å²) in [4.78, 5) is 0. The van der Waals surface area contributed by atoms with Gasteiger partial charge in [-0.3, -0.25) is 0 Å². The third-order valence-corrected chi connectivity index (χ3v) is 4.89. The van der Waals surface area contributed by atoms with Crippen LogP contribution < -0.4 is 0 Å². The zero-order valence-electron chi connectivity index (χ0n) is 5.01. The number of rotatable bonds is 0. The van der Waals surface area contributed by atoms with E-state index >= 15 is 0 Å². The van der Waals surface area contributed by atoms with Crippen LogP contribution in [0.2, 0.25) is 0 Å². The number of hydrogen-bond donors (Lipinski definition) is 0. The zero-order valence-corrected chi connectivity index (χ0v) is 7.98. The Kier molecular flexibility index (Phi) is 2.37. The van der Waals surface area contributed by atoms with E-state index in [1.54, 1.807) is 0 Å². The minimum atomic E-state index is -2.64. The van der Waals surface area contributed by atoms with E-state index in [0.717, 1.165) is 12.8 Å². The molecule has 0 aromatic carbocycles. The highest BCUT2D eigenvalue weighted by atomic mass is 127. The van der Waals surface area contributed by atoms with E-state index in [9.17, 15) is 8.42 Å². The molecular formula is C5H9IO2S. The van der Waals surface area contributed by atoms with Crippen LogP contribution in [0.15, 0.2) is 0 Å². The first-order valence-corrected chi connectivity index (χ1v) is 6.01. The molecule has 1 fully saturated rings. The molecule has 0 aromatic rings. The second kappa shape index (κ2) is 2.74. The Labute approximate surface area is 69.1 Å². The largest absolute Gasteiger partial charge is 0.229 e. The summed E-state index contributed by atoms with van der Waals surface area (Å²) in [5.74, 6) is 0.806. The maximum absolute atomic E-state index is 10.9. The Morgan fingerprint density at radius 1 is 1.44 bits per heavy atom. The Balaban J connectivity index is 2.62. The number of hydrogen-bond acceptors (Lipinski definition) is 2. The monoisotopic (exact) mass is 260 g/mol. The molecule has 1 unspecified atom stereocenters. The highest BCUT2D eigenvalue weighted by Gasteiger charge is 2.21. The normalized spacial score (nSPS) is 34.1. The maximum atomic E-state index is 10.9. The SMILES string of the molecule is O=S1(=O)CCCC(I)C1. The van der Waals surface area contributed by atoms with E-state index in [1.807, 2.05) is 0 Å². The van der Waals surface area contributed by atoms with Crippen molar-refractivity contribution >= 4 is 32.4 Å². The summed E-state index contributed by atoms with van der Waals surface area (Å²) < 4.78 is 22.1. The Morgan fingerprint density at radius 2 is 2.11 bits per heavy atom. The summed E-state index contributed by atoms with van der Waals surface area (Å²) in [6.07, 6.45) is 1.93. The van der Waals surface area contributed by atoms with Crippen LogP contribution in [0.3, 0.4) is 0 Å². The molecule has 0 aliphatic carbocycles. The average Bonchev–Trinajstić information content (AvgIpc) is 1.60. The molecule has 0 radical (unpaired) electrons. The molecule has 4 heteroatoms. The van der Waals surface area contributed by atoms with E-state index in [2.05, 4.69) is 22.6 Å². The van der Waals surface area contributed by atoms with Crippen molar-refractivity contribution in [1.82, 2.24) is 0 Å². The van der Waals surface area contributed by atoms with Crippen molar-refractivity contribution in [3.8, 4) is 0 Å². The van der Waals surface area contributed by atoms with Gasteiger partial charge < -0.3 is 0 Å². The van der Waals surface area contributed by atoms with E-state index in [0.29, 0.717) is 15.4 Å². The first-order valence-electron chi connectivity index (χ1n) is 2.95. The second-order valence-electron chi connectivity index (χ2n) is 2.35. The van der Waals surface area contributed by atoms with Gasteiger partial charge in [-0.1, -0.05) is 22.6 Å². The molecule has 1 heterocycles. The molecule has 0 saturated carbocycles. The molecular weight excluding hydrogens is 251 g/mol. The Morgan fingerprint density at radius 3 is 2.44 bits per heavy atom. The first kappa shape index (κ1) is 7.78. The number of sulfone groups is 1. The average molecular weight is 260 g/mol. The van der Waals surface area contributed by atoms with Crippen LogP contribution in [0.1, 0.15) is 12.8 Å². The molecule has 54 valence electrons. The minimum absolute atomic E-state index is 0.362. The predicted octanol–water partition coefficient (Wildman–Crippen LogP) is 0.999. The lowest BCUT2D eigenvalue weighted by molar-refractivity contribution is 0.580.